The molecular weight excluding hydrogens is 180 g/mol. The van der Waals surface area contributed by atoms with Gasteiger partial charge in [0.2, 0.25) is 0 Å². The van der Waals surface area contributed by atoms with E-state index in [-0.39, 0.29) is 0 Å². The molecule has 0 aromatic carbocycles. The molecule has 1 aromatic heterocycles. The summed E-state index contributed by atoms with van der Waals surface area (Å²) in [5.74, 6) is 0.148. The molecule has 0 aliphatic rings. The minimum absolute atomic E-state index is 0.475. The summed E-state index contributed by atoms with van der Waals surface area (Å²) >= 11 is 0. The number of H-pyrrole nitrogens is 1. The minimum Gasteiger partial charge on any atom is -0.481 e. The number of aromatic nitrogens is 1. The Hall–Kier alpha value is -1.45. The Labute approximate surface area is 83.5 Å². The lowest BCUT2D eigenvalue weighted by atomic mass is 9.93. The minimum atomic E-state index is -0.782. The van der Waals surface area contributed by atoms with E-state index >= 15 is 0 Å². The molecule has 1 rings (SSSR count). The molecule has 4 nitrogen and oxygen atoms in total. The molecule has 1 aromatic rings. The van der Waals surface area contributed by atoms with E-state index in [9.17, 15) is 4.79 Å². The number of anilines is 1. The molecule has 0 spiro atoms. The number of nitrogens with one attached hydrogen (secondary N) is 1. The van der Waals surface area contributed by atoms with Crippen LogP contribution in [0.2, 0.25) is 0 Å². The zero-order chi connectivity index (χ0) is 10.8. The zero-order valence-corrected chi connectivity index (χ0v) is 8.74. The Morgan fingerprint density at radius 1 is 1.64 bits per heavy atom. The zero-order valence-electron chi connectivity index (χ0n) is 8.74. The summed E-state index contributed by atoms with van der Waals surface area (Å²) in [6.45, 7) is 3.91. The fourth-order valence-electron chi connectivity index (χ4n) is 1.30. The van der Waals surface area contributed by atoms with Gasteiger partial charge in [-0.1, -0.05) is 0 Å². The highest BCUT2D eigenvalue weighted by Crippen LogP contribution is 2.19. The van der Waals surface area contributed by atoms with Crippen molar-refractivity contribution in [1.29, 1.82) is 0 Å². The molecule has 0 aliphatic carbocycles. The van der Waals surface area contributed by atoms with E-state index < -0.39 is 11.4 Å². The van der Waals surface area contributed by atoms with Gasteiger partial charge < -0.3 is 15.0 Å². The summed E-state index contributed by atoms with van der Waals surface area (Å²) in [4.78, 5) is 15.8. The molecule has 0 fully saturated rings. The fourth-order valence-corrected chi connectivity index (χ4v) is 1.30. The van der Waals surface area contributed by atoms with Crippen molar-refractivity contribution >= 4 is 11.8 Å². The summed E-state index contributed by atoms with van der Waals surface area (Å²) in [5, 5.41) is 8.95. The van der Waals surface area contributed by atoms with E-state index in [0.717, 1.165) is 5.82 Å². The maximum Gasteiger partial charge on any atom is 0.310 e. The van der Waals surface area contributed by atoms with Gasteiger partial charge in [0, 0.05) is 19.8 Å². The van der Waals surface area contributed by atoms with Crippen LogP contribution >= 0.6 is 0 Å². The highest BCUT2D eigenvalue weighted by molar-refractivity contribution is 5.74. The van der Waals surface area contributed by atoms with Crippen LogP contribution in [0.5, 0.6) is 0 Å². The van der Waals surface area contributed by atoms with Gasteiger partial charge in [-0.05, 0) is 26.0 Å². The first-order valence-electron chi connectivity index (χ1n) is 4.51. The van der Waals surface area contributed by atoms with Crippen molar-refractivity contribution in [2.45, 2.75) is 13.8 Å². The number of carboxylic acids is 1. The molecule has 4 heteroatoms. The maximum absolute atomic E-state index is 10.9. The van der Waals surface area contributed by atoms with Gasteiger partial charge in [-0.2, -0.15) is 0 Å². The molecule has 0 unspecified atom stereocenters. The number of nitrogens with zero attached hydrogens (tertiary/aromatic N) is 1. The SMILES string of the molecule is CN(CC(C)(C)C(=O)O)c1ccc[nH]1. The quantitative estimate of drug-likeness (QED) is 0.768. The molecule has 2 N–H and O–H groups in total. The van der Waals surface area contributed by atoms with E-state index in [1.54, 1.807) is 13.8 Å². The highest BCUT2D eigenvalue weighted by Gasteiger charge is 2.28. The van der Waals surface area contributed by atoms with Crippen molar-refractivity contribution in [3.63, 3.8) is 0 Å². The van der Waals surface area contributed by atoms with Crippen LogP contribution in [0, 0.1) is 5.41 Å². The number of rotatable bonds is 4. The van der Waals surface area contributed by atoms with Crippen LogP contribution < -0.4 is 4.90 Å². The van der Waals surface area contributed by atoms with Crippen molar-refractivity contribution in [2.24, 2.45) is 5.41 Å². The molecule has 1 heterocycles. The van der Waals surface area contributed by atoms with Crippen molar-refractivity contribution in [2.75, 3.05) is 18.5 Å². The van der Waals surface area contributed by atoms with E-state index in [4.69, 9.17) is 5.11 Å². The summed E-state index contributed by atoms with van der Waals surface area (Å²) in [5.41, 5.74) is -0.736. The number of aromatic amines is 1. The molecule has 78 valence electrons. The largest absolute Gasteiger partial charge is 0.481 e. The van der Waals surface area contributed by atoms with Gasteiger partial charge in [0.15, 0.2) is 0 Å². The standard InChI is InChI=1S/C10H16N2O2/c1-10(2,9(13)14)7-12(3)8-5-4-6-11-8/h4-6,11H,7H2,1-3H3,(H,13,14). The second kappa shape index (κ2) is 3.74. The molecule has 0 saturated heterocycles. The normalized spacial score (nSPS) is 11.4. The number of carboxylic acid groups (broad SMARTS) is 1. The summed E-state index contributed by atoms with van der Waals surface area (Å²) in [6.07, 6.45) is 1.82. The van der Waals surface area contributed by atoms with Gasteiger partial charge in [0.05, 0.1) is 5.41 Å². The van der Waals surface area contributed by atoms with Crippen LogP contribution in [0.15, 0.2) is 18.3 Å². The van der Waals surface area contributed by atoms with Crippen molar-refractivity contribution in [3.05, 3.63) is 18.3 Å². The monoisotopic (exact) mass is 196 g/mol. The van der Waals surface area contributed by atoms with Gasteiger partial charge in [-0.3, -0.25) is 4.79 Å². The Kier molecular flexibility index (Phi) is 2.84. The Morgan fingerprint density at radius 2 is 2.29 bits per heavy atom. The average Bonchev–Trinajstić information content (AvgIpc) is 2.54. The second-order valence-electron chi connectivity index (χ2n) is 4.10. The van der Waals surface area contributed by atoms with Crippen molar-refractivity contribution in [3.8, 4) is 0 Å². The lowest BCUT2D eigenvalue weighted by molar-refractivity contribution is -0.146. The molecule has 0 saturated carbocycles. The highest BCUT2D eigenvalue weighted by atomic mass is 16.4. The molecule has 0 amide bonds. The van der Waals surface area contributed by atoms with Crippen LogP contribution in [-0.2, 0) is 4.79 Å². The van der Waals surface area contributed by atoms with E-state index in [0.29, 0.717) is 6.54 Å². The number of aliphatic carboxylic acids is 1. The molecule has 0 radical (unpaired) electrons. The fraction of sp³-hybridized carbons (Fsp3) is 0.500. The van der Waals surface area contributed by atoms with E-state index in [1.807, 2.05) is 30.3 Å². The van der Waals surface area contributed by atoms with Crippen molar-refractivity contribution in [1.82, 2.24) is 4.98 Å². The van der Waals surface area contributed by atoms with Crippen LogP contribution in [0.4, 0.5) is 5.82 Å². The molecule has 0 aliphatic heterocycles. The van der Waals surface area contributed by atoms with E-state index in [2.05, 4.69) is 4.98 Å². The van der Waals surface area contributed by atoms with Crippen LogP contribution in [0.25, 0.3) is 0 Å². The number of carbonyl (C=O) groups is 1. The first kappa shape index (κ1) is 10.6. The third kappa shape index (κ3) is 2.28. The first-order valence-corrected chi connectivity index (χ1v) is 4.51. The predicted octanol–water partition coefficient (Wildman–Crippen LogP) is 1.56. The lowest BCUT2D eigenvalue weighted by Crippen LogP contribution is -2.37. The number of hydrogen-bond acceptors (Lipinski definition) is 2. The smallest absolute Gasteiger partial charge is 0.310 e. The van der Waals surface area contributed by atoms with Crippen molar-refractivity contribution < 1.29 is 9.90 Å². The third-order valence-corrected chi connectivity index (χ3v) is 2.20. The Morgan fingerprint density at radius 3 is 2.71 bits per heavy atom. The summed E-state index contributed by atoms with van der Waals surface area (Å²) in [7, 11) is 1.87. The van der Waals surface area contributed by atoms with Gasteiger partial charge in [0.1, 0.15) is 5.82 Å². The second-order valence-corrected chi connectivity index (χ2v) is 4.10. The number of hydrogen-bond donors (Lipinski definition) is 2. The van der Waals surface area contributed by atoms with Gasteiger partial charge in [-0.15, -0.1) is 0 Å². The first-order chi connectivity index (χ1) is 6.43. The topological polar surface area (TPSA) is 56.3 Å². The predicted molar refractivity (Wildman–Crippen MR) is 55.5 cm³/mol. The Balaban J connectivity index is 2.66. The van der Waals surface area contributed by atoms with Gasteiger partial charge in [-0.25, -0.2) is 0 Å². The summed E-state index contributed by atoms with van der Waals surface area (Å²) < 4.78 is 0. The molecule has 14 heavy (non-hydrogen) atoms. The molecule has 0 atom stereocenters. The summed E-state index contributed by atoms with van der Waals surface area (Å²) in [6, 6.07) is 3.80. The Bertz CT molecular complexity index is 304. The van der Waals surface area contributed by atoms with Gasteiger partial charge in [0.25, 0.3) is 0 Å². The third-order valence-electron chi connectivity index (χ3n) is 2.20. The van der Waals surface area contributed by atoms with Crippen LogP contribution in [0.3, 0.4) is 0 Å². The van der Waals surface area contributed by atoms with Gasteiger partial charge >= 0.3 is 5.97 Å². The average molecular weight is 196 g/mol. The van der Waals surface area contributed by atoms with Crippen LogP contribution in [-0.4, -0.2) is 29.7 Å². The molecular formula is C10H16N2O2. The lowest BCUT2D eigenvalue weighted by Gasteiger charge is -2.26. The molecule has 0 bridgehead atoms. The van der Waals surface area contributed by atoms with E-state index in [1.165, 1.54) is 0 Å². The maximum atomic E-state index is 10.9. The van der Waals surface area contributed by atoms with Crippen LogP contribution in [0.1, 0.15) is 13.8 Å².